The van der Waals surface area contributed by atoms with Crippen LogP contribution in [0.4, 0.5) is 11.4 Å². The van der Waals surface area contributed by atoms with E-state index in [4.69, 9.17) is 11.5 Å². The summed E-state index contributed by atoms with van der Waals surface area (Å²) < 4.78 is 0. The van der Waals surface area contributed by atoms with E-state index in [1.807, 2.05) is 12.1 Å². The molecule has 136 valence electrons. The second-order valence-corrected chi connectivity index (χ2v) is 5.15. The number of anilines is 2. The van der Waals surface area contributed by atoms with Crippen molar-refractivity contribution in [1.29, 1.82) is 0 Å². The first-order valence-corrected chi connectivity index (χ1v) is 7.22. The van der Waals surface area contributed by atoms with Gasteiger partial charge in [-0.1, -0.05) is 0 Å². The summed E-state index contributed by atoms with van der Waals surface area (Å²) in [6, 6.07) is 13.7. The molecular weight excluding hydrogens is 375 g/mol. The lowest BCUT2D eigenvalue weighted by molar-refractivity contribution is 0.480. The number of nitrogen functional groups attached to an aromatic ring is 2. The van der Waals surface area contributed by atoms with Crippen molar-refractivity contribution in [2.24, 2.45) is 0 Å². The third-order valence-electron chi connectivity index (χ3n) is 3.56. The van der Waals surface area contributed by atoms with Gasteiger partial charge in [0.25, 0.3) is 0 Å². The van der Waals surface area contributed by atoms with Gasteiger partial charge < -0.3 is 21.7 Å². The van der Waals surface area contributed by atoms with Crippen molar-refractivity contribution >= 4 is 58.0 Å². The van der Waals surface area contributed by atoms with Crippen LogP contribution in [-0.4, -0.2) is 20.2 Å². The molecule has 0 bridgehead atoms. The van der Waals surface area contributed by atoms with E-state index >= 15 is 0 Å². The Morgan fingerprint density at radius 1 is 0.615 bits per heavy atom. The number of benzene rings is 2. The van der Waals surface area contributed by atoms with E-state index in [2.05, 4.69) is 9.97 Å². The number of phenols is 2. The van der Waals surface area contributed by atoms with Crippen molar-refractivity contribution in [3.63, 3.8) is 0 Å². The Morgan fingerprint density at radius 2 is 1.00 bits per heavy atom. The minimum absolute atomic E-state index is 0. The molecule has 2 aromatic heterocycles. The highest BCUT2D eigenvalue weighted by Gasteiger charge is 2.02. The van der Waals surface area contributed by atoms with Crippen molar-refractivity contribution in [1.82, 2.24) is 9.97 Å². The average Bonchev–Trinajstić information content (AvgIpc) is 2.63. The van der Waals surface area contributed by atoms with Crippen LogP contribution in [0.15, 0.2) is 60.9 Å². The molecule has 4 aromatic rings. The zero-order valence-corrected chi connectivity index (χ0v) is 15.2. The van der Waals surface area contributed by atoms with Crippen molar-refractivity contribution in [2.45, 2.75) is 0 Å². The van der Waals surface area contributed by atoms with E-state index in [0.717, 1.165) is 10.8 Å². The van der Waals surface area contributed by atoms with Crippen LogP contribution in [0.5, 0.6) is 11.5 Å². The average molecular weight is 393 g/mol. The molecule has 0 fully saturated rings. The Bertz CT molecular complexity index is 864. The molecular formula is C18H18Cl2N4O2. The van der Waals surface area contributed by atoms with E-state index in [0.29, 0.717) is 22.4 Å². The number of nitrogens with two attached hydrogens (primary N) is 2. The van der Waals surface area contributed by atoms with Gasteiger partial charge >= 0.3 is 0 Å². The maximum Gasteiger partial charge on any atom is 0.141 e. The zero-order valence-electron chi connectivity index (χ0n) is 13.5. The van der Waals surface area contributed by atoms with Crippen LogP contribution >= 0.6 is 24.8 Å². The minimum Gasteiger partial charge on any atom is -0.506 e. The molecule has 8 heteroatoms. The number of fused-ring (bicyclic) bond motifs is 2. The molecule has 2 aromatic carbocycles. The molecule has 6 nitrogen and oxygen atoms in total. The molecule has 2 heterocycles. The molecule has 0 atom stereocenters. The number of rotatable bonds is 0. The lowest BCUT2D eigenvalue weighted by Crippen LogP contribution is -1.87. The Morgan fingerprint density at radius 3 is 1.35 bits per heavy atom. The minimum atomic E-state index is 0. The third-order valence-corrected chi connectivity index (χ3v) is 3.56. The Kier molecular flexibility index (Phi) is 7.25. The summed E-state index contributed by atoms with van der Waals surface area (Å²) in [5, 5.41) is 20.3. The first-order chi connectivity index (χ1) is 11.6. The van der Waals surface area contributed by atoms with Gasteiger partial charge in [-0.05, 0) is 48.5 Å². The summed E-state index contributed by atoms with van der Waals surface area (Å²) >= 11 is 0. The number of pyridine rings is 2. The van der Waals surface area contributed by atoms with Crippen molar-refractivity contribution in [2.75, 3.05) is 11.5 Å². The molecule has 0 aliphatic heterocycles. The summed E-state index contributed by atoms with van der Waals surface area (Å²) in [6.45, 7) is 0. The number of aromatic nitrogens is 2. The maximum atomic E-state index is 9.38. The van der Waals surface area contributed by atoms with E-state index in [-0.39, 0.29) is 36.3 Å². The van der Waals surface area contributed by atoms with Crippen molar-refractivity contribution < 1.29 is 10.2 Å². The zero-order chi connectivity index (χ0) is 17.1. The number of hydrogen-bond acceptors (Lipinski definition) is 6. The van der Waals surface area contributed by atoms with Crippen LogP contribution in [0.2, 0.25) is 0 Å². The van der Waals surface area contributed by atoms with Crippen molar-refractivity contribution in [3.8, 4) is 11.5 Å². The fraction of sp³-hybridized carbons (Fsp3) is 0. The number of aromatic hydroxyl groups is 2. The topological polar surface area (TPSA) is 118 Å². The van der Waals surface area contributed by atoms with Gasteiger partial charge in [0.05, 0.1) is 0 Å². The van der Waals surface area contributed by atoms with Crippen LogP contribution in [0.25, 0.3) is 21.8 Å². The molecule has 0 aliphatic rings. The standard InChI is InChI=1S/2C9H8N2O.2ClH/c2*10-7-3-4-8(12)9-6(7)2-1-5-11-9;;/h2*1-5,12H,10H2;2*1H. The van der Waals surface area contributed by atoms with E-state index in [1.54, 1.807) is 48.8 Å². The van der Waals surface area contributed by atoms with E-state index < -0.39 is 0 Å². The molecule has 0 saturated carbocycles. The van der Waals surface area contributed by atoms with E-state index in [1.165, 1.54) is 0 Å². The van der Waals surface area contributed by atoms with Crippen LogP contribution in [0.1, 0.15) is 0 Å². The second kappa shape index (κ2) is 8.94. The highest BCUT2D eigenvalue weighted by Crippen LogP contribution is 2.27. The highest BCUT2D eigenvalue weighted by molar-refractivity contribution is 5.94. The predicted octanol–water partition coefficient (Wildman–Crippen LogP) is 3.89. The molecule has 0 saturated heterocycles. The number of phenolic OH excluding ortho intramolecular Hbond substituents is 2. The Labute approximate surface area is 162 Å². The van der Waals surface area contributed by atoms with Gasteiger partial charge in [-0.15, -0.1) is 24.8 Å². The second-order valence-electron chi connectivity index (χ2n) is 5.15. The molecule has 4 rings (SSSR count). The van der Waals surface area contributed by atoms with Crippen LogP contribution in [-0.2, 0) is 0 Å². The van der Waals surface area contributed by atoms with Gasteiger partial charge in [0, 0.05) is 34.5 Å². The summed E-state index contributed by atoms with van der Waals surface area (Å²) in [5.74, 6) is 0.333. The Balaban J connectivity index is 0.000000241. The summed E-state index contributed by atoms with van der Waals surface area (Å²) in [4.78, 5) is 8.02. The SMILES string of the molecule is Cl.Cl.Nc1ccc(O)c2ncccc12.Nc1ccc(O)c2ncccc12. The van der Waals surface area contributed by atoms with Gasteiger partial charge in [0.1, 0.15) is 22.5 Å². The third kappa shape index (κ3) is 4.17. The summed E-state index contributed by atoms with van der Waals surface area (Å²) in [6.07, 6.45) is 3.25. The smallest absolute Gasteiger partial charge is 0.141 e. The lowest BCUT2D eigenvalue weighted by atomic mass is 10.2. The maximum absolute atomic E-state index is 9.38. The molecule has 26 heavy (non-hydrogen) atoms. The molecule has 0 aliphatic carbocycles. The summed E-state index contributed by atoms with van der Waals surface area (Å²) in [5.41, 5.74) is 13.7. The van der Waals surface area contributed by atoms with Gasteiger partial charge in [0.2, 0.25) is 0 Å². The quantitative estimate of drug-likeness (QED) is 0.266. The molecule has 0 unspecified atom stereocenters. The van der Waals surface area contributed by atoms with E-state index in [9.17, 15) is 10.2 Å². The van der Waals surface area contributed by atoms with Crippen LogP contribution in [0, 0.1) is 0 Å². The lowest BCUT2D eigenvalue weighted by Gasteiger charge is -2.01. The first kappa shape index (κ1) is 21.1. The van der Waals surface area contributed by atoms with Crippen LogP contribution < -0.4 is 11.5 Å². The predicted molar refractivity (Wildman–Crippen MR) is 110 cm³/mol. The normalized spacial score (nSPS) is 9.54. The molecule has 0 radical (unpaired) electrons. The number of halogens is 2. The molecule has 0 spiro atoms. The highest BCUT2D eigenvalue weighted by atomic mass is 35.5. The molecule has 6 N–H and O–H groups in total. The fourth-order valence-corrected chi connectivity index (χ4v) is 2.36. The monoisotopic (exact) mass is 392 g/mol. The van der Waals surface area contributed by atoms with Gasteiger partial charge in [-0.25, -0.2) is 0 Å². The van der Waals surface area contributed by atoms with Gasteiger partial charge in [-0.2, -0.15) is 0 Å². The van der Waals surface area contributed by atoms with Crippen LogP contribution in [0.3, 0.4) is 0 Å². The van der Waals surface area contributed by atoms with Gasteiger partial charge in [0.15, 0.2) is 0 Å². The fourth-order valence-electron chi connectivity index (χ4n) is 2.36. The van der Waals surface area contributed by atoms with Gasteiger partial charge in [-0.3, -0.25) is 9.97 Å². The number of hydrogen-bond donors (Lipinski definition) is 4. The Hall–Kier alpha value is -2.96. The summed E-state index contributed by atoms with van der Waals surface area (Å²) in [7, 11) is 0. The number of nitrogens with zero attached hydrogens (tertiary/aromatic N) is 2. The first-order valence-electron chi connectivity index (χ1n) is 7.22. The molecule has 0 amide bonds. The largest absolute Gasteiger partial charge is 0.506 e. The van der Waals surface area contributed by atoms with Crippen molar-refractivity contribution in [3.05, 3.63) is 60.9 Å².